The Morgan fingerprint density at radius 1 is 1.33 bits per heavy atom. The minimum Gasteiger partial charge on any atom is -0.357 e. The van der Waals surface area contributed by atoms with Crippen LogP contribution in [-0.2, 0) is 0 Å². The fourth-order valence-corrected chi connectivity index (χ4v) is 2.40. The van der Waals surface area contributed by atoms with Crippen molar-refractivity contribution in [2.24, 2.45) is 0 Å². The van der Waals surface area contributed by atoms with Gasteiger partial charge < -0.3 is 14.7 Å². The number of anilines is 1. The van der Waals surface area contributed by atoms with Crippen LogP contribution in [0.15, 0.2) is 37.1 Å². The van der Waals surface area contributed by atoms with Crippen LogP contribution in [0.5, 0.6) is 0 Å². The van der Waals surface area contributed by atoms with Gasteiger partial charge in [-0.25, -0.2) is 14.4 Å². The molecule has 4 heterocycles. The number of nitrogens with one attached hydrogen (secondary N) is 2. The number of imidazole rings is 1. The highest BCUT2D eigenvalue weighted by molar-refractivity contribution is 5.93. The Hall–Kier alpha value is -2.96. The molecule has 0 saturated carbocycles. The normalized spacial score (nSPS) is 11.3. The van der Waals surface area contributed by atoms with Crippen molar-refractivity contribution in [1.29, 1.82) is 0 Å². The maximum atomic E-state index is 14.1. The van der Waals surface area contributed by atoms with Gasteiger partial charge >= 0.3 is 0 Å². The Morgan fingerprint density at radius 2 is 2.24 bits per heavy atom. The van der Waals surface area contributed by atoms with Gasteiger partial charge in [0.1, 0.15) is 5.65 Å². The van der Waals surface area contributed by atoms with Gasteiger partial charge in [0, 0.05) is 54.5 Å². The van der Waals surface area contributed by atoms with Crippen LogP contribution in [0.4, 0.5) is 10.3 Å². The third kappa shape index (κ3) is 1.74. The first-order chi connectivity index (χ1) is 10.3. The fourth-order valence-electron chi connectivity index (χ4n) is 2.40. The summed E-state index contributed by atoms with van der Waals surface area (Å²) in [7, 11) is 1.76. The lowest BCUT2D eigenvalue weighted by Gasteiger charge is -2.03. The van der Waals surface area contributed by atoms with Gasteiger partial charge in [-0.1, -0.05) is 0 Å². The summed E-state index contributed by atoms with van der Waals surface area (Å²) in [5.41, 5.74) is 2.61. The van der Waals surface area contributed by atoms with Crippen LogP contribution < -0.4 is 5.32 Å². The van der Waals surface area contributed by atoms with E-state index >= 15 is 0 Å². The number of hydrogen-bond donors (Lipinski definition) is 2. The highest BCUT2D eigenvalue weighted by Crippen LogP contribution is 2.28. The molecule has 0 fully saturated rings. The topological polar surface area (TPSA) is 70.9 Å². The minimum absolute atomic E-state index is 0.312. The zero-order chi connectivity index (χ0) is 14.4. The predicted molar refractivity (Wildman–Crippen MR) is 77.6 cm³/mol. The van der Waals surface area contributed by atoms with E-state index in [0.717, 1.165) is 16.5 Å². The highest BCUT2D eigenvalue weighted by atomic mass is 19.1. The lowest BCUT2D eigenvalue weighted by molar-refractivity contribution is 0.630. The summed E-state index contributed by atoms with van der Waals surface area (Å²) in [5, 5.41) is 3.72. The lowest BCUT2D eigenvalue weighted by atomic mass is 10.1. The van der Waals surface area contributed by atoms with E-state index in [-0.39, 0.29) is 5.82 Å². The molecule has 104 valence electrons. The summed E-state index contributed by atoms with van der Waals surface area (Å²) in [5.74, 6) is 0.173. The van der Waals surface area contributed by atoms with E-state index < -0.39 is 0 Å². The molecule has 4 aromatic rings. The number of hydrogen-bond acceptors (Lipinski definition) is 4. The average Bonchev–Trinajstić information content (AvgIpc) is 3.12. The van der Waals surface area contributed by atoms with Crippen LogP contribution in [0, 0.1) is 5.82 Å². The summed E-state index contributed by atoms with van der Waals surface area (Å²) >= 11 is 0. The van der Waals surface area contributed by atoms with Gasteiger partial charge in [-0.3, -0.25) is 0 Å². The quantitative estimate of drug-likeness (QED) is 0.592. The van der Waals surface area contributed by atoms with Crippen LogP contribution in [0.1, 0.15) is 0 Å². The van der Waals surface area contributed by atoms with Gasteiger partial charge in [-0.15, -0.1) is 0 Å². The summed E-state index contributed by atoms with van der Waals surface area (Å²) < 4.78 is 15.7. The Balaban J connectivity index is 1.95. The van der Waals surface area contributed by atoms with Crippen molar-refractivity contribution in [3.8, 4) is 11.1 Å². The molecule has 21 heavy (non-hydrogen) atoms. The first-order valence-electron chi connectivity index (χ1n) is 6.41. The van der Waals surface area contributed by atoms with Crippen molar-refractivity contribution in [1.82, 2.24) is 24.3 Å². The second kappa shape index (κ2) is 4.27. The molecule has 0 spiro atoms. The largest absolute Gasteiger partial charge is 0.357 e. The van der Waals surface area contributed by atoms with Crippen LogP contribution in [0.2, 0.25) is 0 Å². The SMILES string of the molecule is CNc1ncc2c(-c3cc(F)c4nccn4c3)c[nH]c2n1. The van der Waals surface area contributed by atoms with Crippen molar-refractivity contribution in [3.05, 3.63) is 42.9 Å². The van der Waals surface area contributed by atoms with E-state index in [4.69, 9.17) is 0 Å². The number of nitrogens with zero attached hydrogens (tertiary/aromatic N) is 4. The molecule has 0 aromatic carbocycles. The molecular weight excluding hydrogens is 271 g/mol. The molecule has 2 N–H and O–H groups in total. The van der Waals surface area contributed by atoms with Crippen molar-refractivity contribution >= 4 is 22.6 Å². The maximum absolute atomic E-state index is 14.1. The second-order valence-corrected chi connectivity index (χ2v) is 4.64. The number of aromatic nitrogens is 5. The van der Waals surface area contributed by atoms with E-state index in [0.29, 0.717) is 17.2 Å². The Kier molecular flexibility index (Phi) is 2.41. The second-order valence-electron chi connectivity index (χ2n) is 4.64. The number of rotatable bonds is 2. The Labute approximate surface area is 118 Å². The zero-order valence-electron chi connectivity index (χ0n) is 11.1. The van der Waals surface area contributed by atoms with Gasteiger partial charge in [-0.2, -0.15) is 4.98 Å². The number of H-pyrrole nitrogens is 1. The molecule has 0 aliphatic heterocycles. The van der Waals surface area contributed by atoms with Gasteiger partial charge in [0.2, 0.25) is 5.95 Å². The van der Waals surface area contributed by atoms with Gasteiger partial charge in [0.25, 0.3) is 0 Å². The monoisotopic (exact) mass is 282 g/mol. The number of halogens is 1. The fraction of sp³-hybridized carbons (Fsp3) is 0.0714. The molecule has 6 nitrogen and oxygen atoms in total. The molecule has 0 atom stereocenters. The minimum atomic E-state index is -0.361. The molecule has 0 amide bonds. The predicted octanol–water partition coefficient (Wildman–Crippen LogP) is 2.45. The molecule has 0 bridgehead atoms. The number of pyridine rings is 1. The Morgan fingerprint density at radius 3 is 3.10 bits per heavy atom. The van der Waals surface area contributed by atoms with E-state index in [1.807, 2.05) is 6.20 Å². The van der Waals surface area contributed by atoms with Gasteiger partial charge in [0.15, 0.2) is 11.5 Å². The molecule has 0 unspecified atom stereocenters. The Bertz CT molecular complexity index is 955. The highest BCUT2D eigenvalue weighted by Gasteiger charge is 2.12. The van der Waals surface area contributed by atoms with Crippen molar-refractivity contribution in [2.75, 3.05) is 12.4 Å². The molecule has 0 aliphatic rings. The van der Waals surface area contributed by atoms with Crippen molar-refractivity contribution < 1.29 is 4.39 Å². The summed E-state index contributed by atoms with van der Waals surface area (Å²) in [4.78, 5) is 15.6. The molecule has 4 rings (SSSR count). The van der Waals surface area contributed by atoms with Crippen LogP contribution >= 0.6 is 0 Å². The zero-order valence-corrected chi connectivity index (χ0v) is 11.1. The number of aromatic amines is 1. The third-order valence-corrected chi connectivity index (χ3v) is 3.41. The van der Waals surface area contributed by atoms with E-state index in [1.54, 1.807) is 36.2 Å². The van der Waals surface area contributed by atoms with Crippen LogP contribution in [0.3, 0.4) is 0 Å². The van der Waals surface area contributed by atoms with E-state index in [2.05, 4.69) is 25.3 Å². The average molecular weight is 282 g/mol. The van der Waals surface area contributed by atoms with Crippen LogP contribution in [-0.4, -0.2) is 31.4 Å². The molecule has 0 saturated heterocycles. The smallest absolute Gasteiger partial charge is 0.224 e. The summed E-state index contributed by atoms with van der Waals surface area (Å²) in [6, 6.07) is 1.47. The molecule has 0 aliphatic carbocycles. The van der Waals surface area contributed by atoms with E-state index in [1.165, 1.54) is 6.07 Å². The first-order valence-corrected chi connectivity index (χ1v) is 6.41. The molecular formula is C14H11FN6. The van der Waals surface area contributed by atoms with Gasteiger partial charge in [0.05, 0.1) is 0 Å². The van der Waals surface area contributed by atoms with Gasteiger partial charge in [-0.05, 0) is 6.07 Å². The molecule has 4 aromatic heterocycles. The number of fused-ring (bicyclic) bond motifs is 2. The van der Waals surface area contributed by atoms with Crippen molar-refractivity contribution in [2.45, 2.75) is 0 Å². The maximum Gasteiger partial charge on any atom is 0.224 e. The van der Waals surface area contributed by atoms with Crippen molar-refractivity contribution in [3.63, 3.8) is 0 Å². The summed E-state index contributed by atoms with van der Waals surface area (Å²) in [6.07, 6.45) is 8.64. The summed E-state index contributed by atoms with van der Waals surface area (Å²) in [6.45, 7) is 0. The van der Waals surface area contributed by atoms with E-state index in [9.17, 15) is 4.39 Å². The third-order valence-electron chi connectivity index (χ3n) is 3.41. The first kappa shape index (κ1) is 11.8. The molecule has 7 heteroatoms. The standard InChI is InChI=1S/C14H11FN6/c1-16-14-19-6-10-9(5-18-12(10)20-14)8-4-11(15)13-17-2-3-21(13)7-8/h2-7H,1H3,(H2,16,18,19,20). The van der Waals surface area contributed by atoms with Crippen LogP contribution in [0.25, 0.3) is 27.8 Å². The lowest BCUT2D eigenvalue weighted by Crippen LogP contribution is -1.95. The molecule has 0 radical (unpaired) electrons.